The van der Waals surface area contributed by atoms with Crippen molar-refractivity contribution in [1.29, 1.82) is 0 Å². The van der Waals surface area contributed by atoms with Crippen molar-refractivity contribution >= 4 is 48.0 Å². The first-order valence-electron chi connectivity index (χ1n) is 13.2. The van der Waals surface area contributed by atoms with E-state index < -0.39 is 19.9 Å². The average molecular weight is 582 g/mol. The van der Waals surface area contributed by atoms with Crippen LogP contribution in [0.3, 0.4) is 0 Å². The van der Waals surface area contributed by atoms with Gasteiger partial charge in [-0.1, -0.05) is 19.9 Å². The molecule has 40 heavy (non-hydrogen) atoms. The molecule has 6 rings (SSSR count). The van der Waals surface area contributed by atoms with Gasteiger partial charge in [-0.15, -0.1) is 0 Å². The second kappa shape index (κ2) is 9.81. The number of fused-ring (bicyclic) bond motifs is 1. The molecular weight excluding hydrogens is 550 g/mol. The Labute approximate surface area is 233 Å². The summed E-state index contributed by atoms with van der Waals surface area (Å²) in [5, 5.41) is 9.02. The largest absolute Gasteiger partial charge is 0.370 e. The third-order valence-electron chi connectivity index (χ3n) is 7.31. The highest BCUT2D eigenvalue weighted by molar-refractivity contribution is 7.90. The summed E-state index contributed by atoms with van der Waals surface area (Å²) >= 11 is 0. The summed E-state index contributed by atoms with van der Waals surface area (Å²) in [5.74, 6) is 2.11. The molecule has 1 saturated carbocycles. The molecule has 0 amide bonds. The fraction of sp³-hybridized carbons (Fsp3) is 0.407. The van der Waals surface area contributed by atoms with Crippen LogP contribution in [0.2, 0.25) is 0 Å². The van der Waals surface area contributed by atoms with Gasteiger partial charge < -0.3 is 10.2 Å². The summed E-state index contributed by atoms with van der Waals surface area (Å²) in [7, 11) is -6.47. The van der Waals surface area contributed by atoms with Crippen molar-refractivity contribution in [3.63, 3.8) is 0 Å². The molecule has 0 spiro atoms. The van der Waals surface area contributed by atoms with Gasteiger partial charge in [0.2, 0.25) is 0 Å². The third-order valence-corrected chi connectivity index (χ3v) is 10.4. The molecule has 1 aliphatic carbocycles. The predicted molar refractivity (Wildman–Crippen MR) is 155 cm³/mol. The summed E-state index contributed by atoms with van der Waals surface area (Å²) in [4.78, 5) is 15.7. The molecule has 0 radical (unpaired) electrons. The Hall–Kier alpha value is -3.58. The van der Waals surface area contributed by atoms with Crippen molar-refractivity contribution in [1.82, 2.24) is 24.1 Å². The van der Waals surface area contributed by atoms with E-state index in [1.165, 1.54) is 24.2 Å². The van der Waals surface area contributed by atoms with E-state index in [0.29, 0.717) is 49.0 Å². The van der Waals surface area contributed by atoms with Crippen LogP contribution in [0.25, 0.3) is 22.2 Å². The van der Waals surface area contributed by atoms with Crippen molar-refractivity contribution in [3.8, 4) is 11.4 Å². The summed E-state index contributed by atoms with van der Waals surface area (Å²) in [5.41, 5.74) is 2.74. The van der Waals surface area contributed by atoms with Crippen molar-refractivity contribution in [3.05, 3.63) is 54.6 Å². The van der Waals surface area contributed by atoms with E-state index in [2.05, 4.69) is 56.2 Å². The minimum absolute atomic E-state index is 0.136. The van der Waals surface area contributed by atoms with Gasteiger partial charge in [0.1, 0.15) is 21.5 Å². The Morgan fingerprint density at radius 1 is 1.00 bits per heavy atom. The van der Waals surface area contributed by atoms with Crippen LogP contribution in [0.4, 0.5) is 17.3 Å². The van der Waals surface area contributed by atoms with Gasteiger partial charge in [0, 0.05) is 48.7 Å². The normalized spacial score (nSPS) is 16.4. The molecule has 1 aromatic carbocycles. The zero-order valence-corrected chi connectivity index (χ0v) is 24.2. The number of aromatic nitrogens is 5. The van der Waals surface area contributed by atoms with E-state index in [1.807, 2.05) is 12.3 Å². The van der Waals surface area contributed by atoms with Crippen LogP contribution in [0.15, 0.2) is 49.1 Å². The van der Waals surface area contributed by atoms with E-state index in [1.54, 1.807) is 12.3 Å². The second-order valence-electron chi connectivity index (χ2n) is 11.0. The number of sulfone groups is 1. The molecule has 1 aliphatic heterocycles. The van der Waals surface area contributed by atoms with Gasteiger partial charge in [-0.25, -0.2) is 31.8 Å². The smallest absolute Gasteiger partial charge is 0.256 e. The number of hydrogen-bond donors (Lipinski definition) is 1. The molecule has 2 fully saturated rings. The molecule has 0 atom stereocenters. The number of nitrogens with zero attached hydrogens (tertiary/aromatic N) is 6. The highest BCUT2D eigenvalue weighted by atomic mass is 32.2. The van der Waals surface area contributed by atoms with Gasteiger partial charge in [-0.2, -0.15) is 9.19 Å². The highest BCUT2D eigenvalue weighted by Crippen LogP contribution is 2.37. The molecule has 4 heterocycles. The summed E-state index contributed by atoms with van der Waals surface area (Å²) < 4.78 is 49.4. The highest BCUT2D eigenvalue weighted by Gasteiger charge is 2.37. The standard InChI is InChI=1S/C27H31N7O4S2/c1-17(2)21-6-7-24(33-13-18(14-33)16-39(3,35)36)23-12-29-26(10-22(21)23)31-25-8-9-28-27(32-25)19-11-30-34(15-19)40(37,38)20-4-5-20/h6-12,15,17-18,20H,4-5,13-14,16H2,1-3H3,(H,28,29,31,32). The zero-order chi connectivity index (χ0) is 28.2. The number of hydrogen-bond acceptors (Lipinski definition) is 10. The molecule has 11 nitrogen and oxygen atoms in total. The Balaban J connectivity index is 1.26. The quantitative estimate of drug-likeness (QED) is 0.312. The lowest BCUT2D eigenvalue weighted by Crippen LogP contribution is -2.49. The van der Waals surface area contributed by atoms with Crippen molar-refractivity contribution in [2.45, 2.75) is 37.9 Å². The maximum absolute atomic E-state index is 12.5. The van der Waals surface area contributed by atoms with Gasteiger partial charge in [-0.3, -0.25) is 0 Å². The summed E-state index contributed by atoms with van der Waals surface area (Å²) in [6.45, 7) is 5.69. The average Bonchev–Trinajstić information content (AvgIpc) is 3.62. The first-order chi connectivity index (χ1) is 19.0. The van der Waals surface area contributed by atoms with Crippen molar-refractivity contribution in [2.24, 2.45) is 5.92 Å². The molecule has 210 valence electrons. The second-order valence-corrected chi connectivity index (χ2v) is 15.3. The monoisotopic (exact) mass is 581 g/mol. The van der Waals surface area contributed by atoms with Crippen LogP contribution in [0.5, 0.6) is 0 Å². The van der Waals surface area contributed by atoms with Gasteiger partial charge in [0.15, 0.2) is 5.82 Å². The van der Waals surface area contributed by atoms with E-state index in [4.69, 9.17) is 0 Å². The molecule has 1 N–H and O–H groups in total. The molecular formula is C27H31N7O4S2. The number of rotatable bonds is 9. The predicted octanol–water partition coefficient (Wildman–Crippen LogP) is 3.58. The molecule has 3 aromatic heterocycles. The van der Waals surface area contributed by atoms with Crippen LogP contribution >= 0.6 is 0 Å². The van der Waals surface area contributed by atoms with E-state index >= 15 is 0 Å². The maximum atomic E-state index is 12.5. The van der Waals surface area contributed by atoms with Crippen molar-refractivity contribution in [2.75, 3.05) is 35.3 Å². The molecule has 2 aliphatic rings. The first-order valence-corrected chi connectivity index (χ1v) is 16.8. The topological polar surface area (TPSA) is 140 Å². The van der Waals surface area contributed by atoms with Gasteiger partial charge >= 0.3 is 0 Å². The van der Waals surface area contributed by atoms with Crippen LogP contribution in [-0.4, -0.2) is 71.3 Å². The zero-order valence-electron chi connectivity index (χ0n) is 22.5. The van der Waals surface area contributed by atoms with Crippen molar-refractivity contribution < 1.29 is 16.8 Å². The Morgan fingerprint density at radius 2 is 1.77 bits per heavy atom. The minimum Gasteiger partial charge on any atom is -0.370 e. The number of benzene rings is 1. The van der Waals surface area contributed by atoms with Gasteiger partial charge in [-0.05, 0) is 47.9 Å². The SMILES string of the molecule is CC(C)c1ccc(N2CC(CS(C)(=O)=O)C2)c2cnc(Nc3ccnc(-c4cnn(S(=O)(=O)C5CC5)c4)n3)cc12. The molecule has 1 saturated heterocycles. The lowest BCUT2D eigenvalue weighted by Gasteiger charge is -2.41. The lowest BCUT2D eigenvalue weighted by molar-refractivity contribution is 0.445. The molecule has 4 aromatic rings. The van der Waals surface area contributed by atoms with E-state index in [9.17, 15) is 16.8 Å². The maximum Gasteiger partial charge on any atom is 0.256 e. The fourth-order valence-electron chi connectivity index (χ4n) is 5.17. The van der Waals surface area contributed by atoms with Gasteiger partial charge in [0.25, 0.3) is 10.0 Å². The summed E-state index contributed by atoms with van der Waals surface area (Å²) in [6, 6.07) is 7.96. The van der Waals surface area contributed by atoms with Crippen LogP contribution < -0.4 is 10.2 Å². The fourth-order valence-corrected chi connectivity index (χ4v) is 7.71. The minimum atomic E-state index is -3.47. The summed E-state index contributed by atoms with van der Waals surface area (Å²) in [6.07, 6.45) is 8.97. The first kappa shape index (κ1) is 26.6. The number of pyridine rings is 1. The van der Waals surface area contributed by atoms with Crippen LogP contribution in [0.1, 0.15) is 38.2 Å². The Morgan fingerprint density at radius 3 is 2.48 bits per heavy atom. The van der Waals surface area contributed by atoms with Crippen LogP contribution in [-0.2, 0) is 19.9 Å². The molecule has 13 heteroatoms. The molecule has 0 bridgehead atoms. The number of anilines is 3. The lowest BCUT2D eigenvalue weighted by atomic mass is 9.93. The Bertz CT molecular complexity index is 1810. The van der Waals surface area contributed by atoms with Gasteiger partial charge in [0.05, 0.1) is 29.0 Å². The molecule has 0 unspecified atom stereocenters. The third kappa shape index (κ3) is 5.27. The van der Waals surface area contributed by atoms with Crippen LogP contribution in [0, 0.1) is 5.92 Å². The Kier molecular flexibility index (Phi) is 6.53. The number of nitrogens with one attached hydrogen (secondary N) is 1. The van der Waals surface area contributed by atoms with E-state index in [0.717, 1.165) is 20.5 Å². The van der Waals surface area contributed by atoms with E-state index in [-0.39, 0.29) is 22.8 Å².